The fourth-order valence-corrected chi connectivity index (χ4v) is 4.21. The summed E-state index contributed by atoms with van der Waals surface area (Å²) < 4.78 is 13.5. The quantitative estimate of drug-likeness (QED) is 0.787. The van der Waals surface area contributed by atoms with E-state index in [0.717, 1.165) is 5.56 Å². The van der Waals surface area contributed by atoms with Gasteiger partial charge in [-0.25, -0.2) is 4.39 Å². The molecule has 2 amide bonds. The van der Waals surface area contributed by atoms with Gasteiger partial charge in [0, 0.05) is 25.6 Å². The number of hydrogen-bond donors (Lipinski definition) is 0. The molecule has 1 saturated heterocycles. The van der Waals surface area contributed by atoms with Crippen LogP contribution in [0.25, 0.3) is 0 Å². The monoisotopic (exact) mass is 352 g/mol. The van der Waals surface area contributed by atoms with E-state index < -0.39 is 0 Å². The van der Waals surface area contributed by atoms with Crippen LogP contribution in [0.4, 0.5) is 4.39 Å². The van der Waals surface area contributed by atoms with Crippen LogP contribution in [0.2, 0.25) is 0 Å². The van der Waals surface area contributed by atoms with Crippen molar-refractivity contribution in [1.82, 2.24) is 9.80 Å². The zero-order chi connectivity index (χ0) is 17.9. The Morgan fingerprint density at radius 2 is 2.12 bits per heavy atom. The Kier molecular flexibility index (Phi) is 6.27. The normalized spacial score (nSPS) is 20.8. The lowest BCUT2D eigenvalue weighted by Gasteiger charge is -2.31. The Bertz CT molecular complexity index is 608. The summed E-state index contributed by atoms with van der Waals surface area (Å²) in [6.45, 7) is 8.61. The number of hydrogen-bond acceptors (Lipinski definition) is 3. The van der Waals surface area contributed by atoms with Gasteiger partial charge in [-0.2, -0.15) is 0 Å². The van der Waals surface area contributed by atoms with E-state index in [0.29, 0.717) is 19.5 Å². The van der Waals surface area contributed by atoms with Gasteiger partial charge >= 0.3 is 0 Å². The summed E-state index contributed by atoms with van der Waals surface area (Å²) in [5.74, 6) is -0.174. The predicted molar refractivity (Wildman–Crippen MR) is 95.0 cm³/mol. The molecular weight excluding hydrogens is 327 g/mol. The van der Waals surface area contributed by atoms with Gasteiger partial charge in [0.05, 0.1) is 5.25 Å². The van der Waals surface area contributed by atoms with Crippen molar-refractivity contribution in [2.24, 2.45) is 0 Å². The Hall–Kier alpha value is -1.56. The first-order valence-electron chi connectivity index (χ1n) is 8.36. The molecule has 0 aromatic heterocycles. The molecule has 1 aromatic carbocycles. The second kappa shape index (κ2) is 8.01. The third-order valence-corrected chi connectivity index (χ3v) is 5.60. The molecule has 0 aliphatic carbocycles. The number of amides is 2. The molecule has 6 heteroatoms. The molecular formula is C18H25FN2O2S. The minimum atomic E-state index is -0.301. The number of carbonyl (C=O) groups excluding carboxylic acids is 2. The van der Waals surface area contributed by atoms with Crippen molar-refractivity contribution < 1.29 is 14.0 Å². The Labute approximate surface area is 147 Å². The highest BCUT2D eigenvalue weighted by Gasteiger charge is 2.38. The van der Waals surface area contributed by atoms with Crippen LogP contribution >= 0.6 is 11.8 Å². The van der Waals surface area contributed by atoms with Crippen molar-refractivity contribution in [2.75, 3.05) is 13.1 Å². The summed E-state index contributed by atoms with van der Waals surface area (Å²) in [6.07, 6.45) is 0.449. The van der Waals surface area contributed by atoms with Crippen LogP contribution in [0, 0.1) is 5.82 Å². The van der Waals surface area contributed by atoms with Gasteiger partial charge in [0.25, 0.3) is 0 Å². The van der Waals surface area contributed by atoms with Gasteiger partial charge in [0.2, 0.25) is 11.8 Å². The molecule has 4 nitrogen and oxygen atoms in total. The molecule has 1 heterocycles. The van der Waals surface area contributed by atoms with Crippen molar-refractivity contribution in [3.8, 4) is 0 Å². The summed E-state index contributed by atoms with van der Waals surface area (Å²) in [6, 6.07) is 6.48. The van der Waals surface area contributed by atoms with Crippen LogP contribution in [-0.2, 0) is 9.59 Å². The van der Waals surface area contributed by atoms with Crippen LogP contribution in [0.3, 0.4) is 0 Å². The van der Waals surface area contributed by atoms with E-state index in [-0.39, 0.29) is 34.3 Å². The SMILES string of the molecule is CCC(=O)N(CCN1C(=O)[C@H](C)S[C@H]1c1cccc(F)c1)C(C)C. The minimum Gasteiger partial charge on any atom is -0.339 e. The Morgan fingerprint density at radius 1 is 1.42 bits per heavy atom. The smallest absolute Gasteiger partial charge is 0.236 e. The average molecular weight is 352 g/mol. The number of nitrogens with zero attached hydrogens (tertiary/aromatic N) is 2. The first-order valence-corrected chi connectivity index (χ1v) is 9.30. The van der Waals surface area contributed by atoms with Crippen molar-refractivity contribution in [3.63, 3.8) is 0 Å². The maximum atomic E-state index is 13.5. The highest BCUT2D eigenvalue weighted by atomic mass is 32.2. The maximum absolute atomic E-state index is 13.5. The second-order valence-corrected chi connectivity index (χ2v) is 7.68. The highest BCUT2D eigenvalue weighted by Crippen LogP contribution is 2.42. The van der Waals surface area contributed by atoms with Crippen LogP contribution < -0.4 is 0 Å². The second-order valence-electron chi connectivity index (χ2n) is 6.25. The topological polar surface area (TPSA) is 40.6 Å². The average Bonchev–Trinajstić information content (AvgIpc) is 2.82. The molecule has 24 heavy (non-hydrogen) atoms. The molecule has 1 aliphatic heterocycles. The fourth-order valence-electron chi connectivity index (χ4n) is 2.91. The first kappa shape index (κ1) is 18.8. The van der Waals surface area contributed by atoms with Gasteiger partial charge in [-0.3, -0.25) is 9.59 Å². The Balaban J connectivity index is 2.16. The van der Waals surface area contributed by atoms with Crippen LogP contribution in [0.5, 0.6) is 0 Å². The molecule has 0 spiro atoms. The molecule has 2 rings (SSSR count). The van der Waals surface area contributed by atoms with Gasteiger partial charge in [-0.05, 0) is 38.5 Å². The van der Waals surface area contributed by atoms with E-state index >= 15 is 0 Å². The van der Waals surface area contributed by atoms with E-state index in [4.69, 9.17) is 0 Å². The molecule has 1 fully saturated rings. The molecule has 0 bridgehead atoms. The number of thioether (sulfide) groups is 1. The fraction of sp³-hybridized carbons (Fsp3) is 0.556. The highest BCUT2D eigenvalue weighted by molar-refractivity contribution is 8.01. The van der Waals surface area contributed by atoms with Crippen molar-refractivity contribution in [1.29, 1.82) is 0 Å². The van der Waals surface area contributed by atoms with Gasteiger partial charge in [-0.1, -0.05) is 19.1 Å². The lowest BCUT2D eigenvalue weighted by atomic mass is 10.2. The van der Waals surface area contributed by atoms with E-state index in [1.807, 2.05) is 33.8 Å². The molecule has 0 unspecified atom stereocenters. The standard InChI is InChI=1S/C18H25FN2O2S/c1-5-16(22)20(12(2)3)9-10-21-17(23)13(4)24-18(21)14-7-6-8-15(19)11-14/h6-8,11-13,18H,5,9-10H2,1-4H3/t13-,18-/m0/s1. The third-order valence-electron chi connectivity index (χ3n) is 4.21. The van der Waals surface area contributed by atoms with Gasteiger partial charge < -0.3 is 9.80 Å². The predicted octanol–water partition coefficient (Wildman–Crippen LogP) is 3.44. The zero-order valence-electron chi connectivity index (χ0n) is 14.7. The molecule has 0 saturated carbocycles. The van der Waals surface area contributed by atoms with Crippen molar-refractivity contribution >= 4 is 23.6 Å². The minimum absolute atomic E-state index is 0.0434. The van der Waals surface area contributed by atoms with Crippen LogP contribution in [-0.4, -0.2) is 46.0 Å². The van der Waals surface area contributed by atoms with Crippen LogP contribution in [0.15, 0.2) is 24.3 Å². The van der Waals surface area contributed by atoms with E-state index in [9.17, 15) is 14.0 Å². The van der Waals surface area contributed by atoms with Gasteiger partial charge in [-0.15, -0.1) is 11.8 Å². The number of carbonyl (C=O) groups is 2. The van der Waals surface area contributed by atoms with Gasteiger partial charge in [0.15, 0.2) is 0 Å². The molecule has 2 atom stereocenters. The largest absolute Gasteiger partial charge is 0.339 e. The first-order chi connectivity index (χ1) is 11.3. The third kappa shape index (κ3) is 4.09. The van der Waals surface area contributed by atoms with Crippen molar-refractivity contribution in [3.05, 3.63) is 35.6 Å². The summed E-state index contributed by atoms with van der Waals surface area (Å²) in [5, 5.41) is -0.360. The summed E-state index contributed by atoms with van der Waals surface area (Å²) in [5.41, 5.74) is 0.788. The lowest BCUT2D eigenvalue weighted by Crippen LogP contribution is -2.43. The van der Waals surface area contributed by atoms with Crippen LogP contribution in [0.1, 0.15) is 45.1 Å². The number of halogens is 1. The molecule has 0 N–H and O–H groups in total. The summed E-state index contributed by atoms with van der Waals surface area (Å²) in [4.78, 5) is 28.1. The number of benzene rings is 1. The maximum Gasteiger partial charge on any atom is 0.236 e. The molecule has 0 radical (unpaired) electrons. The van der Waals surface area contributed by atoms with Gasteiger partial charge in [0.1, 0.15) is 11.2 Å². The zero-order valence-corrected chi connectivity index (χ0v) is 15.5. The Morgan fingerprint density at radius 3 is 2.71 bits per heavy atom. The van der Waals surface area contributed by atoms with Crippen molar-refractivity contribution in [2.45, 2.75) is 50.8 Å². The van der Waals surface area contributed by atoms with E-state index in [1.165, 1.54) is 23.9 Å². The molecule has 1 aliphatic rings. The molecule has 132 valence electrons. The summed E-state index contributed by atoms with van der Waals surface area (Å²) >= 11 is 1.52. The molecule has 1 aromatic rings. The summed E-state index contributed by atoms with van der Waals surface area (Å²) in [7, 11) is 0. The lowest BCUT2D eigenvalue weighted by molar-refractivity contribution is -0.135. The number of rotatable bonds is 6. The van der Waals surface area contributed by atoms with E-state index in [1.54, 1.807) is 15.9 Å². The van der Waals surface area contributed by atoms with E-state index in [2.05, 4.69) is 0 Å².